The lowest BCUT2D eigenvalue weighted by Gasteiger charge is -2.35. The van der Waals surface area contributed by atoms with Crippen molar-refractivity contribution < 1.29 is 4.74 Å². The van der Waals surface area contributed by atoms with E-state index in [1.54, 1.807) is 0 Å². The summed E-state index contributed by atoms with van der Waals surface area (Å²) in [4.78, 5) is 0. The highest BCUT2D eigenvalue weighted by Gasteiger charge is 2.27. The van der Waals surface area contributed by atoms with Gasteiger partial charge in [0.2, 0.25) is 0 Å². The first-order chi connectivity index (χ1) is 4.64. The van der Waals surface area contributed by atoms with Crippen LogP contribution in [-0.2, 0) is 4.74 Å². The quantitative estimate of drug-likeness (QED) is 0.547. The van der Waals surface area contributed by atoms with Gasteiger partial charge >= 0.3 is 0 Å². The molecule has 10 heavy (non-hydrogen) atoms. The summed E-state index contributed by atoms with van der Waals surface area (Å²) >= 11 is 0. The van der Waals surface area contributed by atoms with Crippen molar-refractivity contribution in [3.8, 4) is 0 Å². The molecule has 0 radical (unpaired) electrons. The zero-order chi connectivity index (χ0) is 7.61. The number of ether oxygens (including phenoxy) is 1. The Kier molecular flexibility index (Phi) is 2.35. The summed E-state index contributed by atoms with van der Waals surface area (Å²) in [5.74, 6) is 0.906. The zero-order valence-corrected chi connectivity index (χ0v) is 7.31. The van der Waals surface area contributed by atoms with E-state index < -0.39 is 0 Å². The van der Waals surface area contributed by atoms with Crippen LogP contribution in [0.4, 0.5) is 0 Å². The van der Waals surface area contributed by atoms with Gasteiger partial charge in [-0.1, -0.05) is 13.3 Å². The summed E-state index contributed by atoms with van der Waals surface area (Å²) in [6, 6.07) is 0. The summed E-state index contributed by atoms with van der Waals surface area (Å²) in [5, 5.41) is 0. The van der Waals surface area contributed by atoms with Crippen LogP contribution in [0.5, 0.6) is 0 Å². The predicted molar refractivity (Wildman–Crippen MR) is 43.0 cm³/mol. The molecule has 60 valence electrons. The van der Waals surface area contributed by atoms with E-state index >= 15 is 0 Å². The van der Waals surface area contributed by atoms with E-state index in [9.17, 15) is 0 Å². The van der Waals surface area contributed by atoms with Gasteiger partial charge in [0.15, 0.2) is 0 Å². The normalized spacial score (nSPS) is 32.1. The molecule has 0 spiro atoms. The van der Waals surface area contributed by atoms with Crippen molar-refractivity contribution in [2.45, 2.75) is 45.6 Å². The van der Waals surface area contributed by atoms with Gasteiger partial charge < -0.3 is 4.74 Å². The average Bonchev–Trinajstić information content (AvgIpc) is 1.86. The first kappa shape index (κ1) is 8.06. The molecule has 1 unspecified atom stereocenters. The Balaban J connectivity index is 2.40. The molecule has 0 bridgehead atoms. The molecule has 1 nitrogen and oxygen atoms in total. The molecule has 0 aromatic carbocycles. The minimum absolute atomic E-state index is 0.152. The van der Waals surface area contributed by atoms with E-state index in [1.807, 2.05) is 0 Å². The van der Waals surface area contributed by atoms with Crippen LogP contribution >= 0.6 is 0 Å². The number of hydrogen-bond donors (Lipinski definition) is 0. The van der Waals surface area contributed by atoms with Crippen molar-refractivity contribution in [2.75, 3.05) is 6.61 Å². The topological polar surface area (TPSA) is 9.23 Å². The van der Waals surface area contributed by atoms with E-state index in [4.69, 9.17) is 4.74 Å². The van der Waals surface area contributed by atoms with Gasteiger partial charge in [-0.25, -0.2) is 0 Å². The lowest BCUT2D eigenvalue weighted by Crippen LogP contribution is -2.33. The van der Waals surface area contributed by atoms with Gasteiger partial charge in [0.25, 0.3) is 0 Å². The fourth-order valence-corrected chi connectivity index (χ4v) is 1.71. The second-order valence-electron chi connectivity index (χ2n) is 3.88. The SMILES string of the molecule is CCC1CCOC(C)(C)C1. The Morgan fingerprint density at radius 2 is 2.20 bits per heavy atom. The Hall–Kier alpha value is -0.0400. The first-order valence-electron chi connectivity index (χ1n) is 4.28. The molecule has 0 aromatic heterocycles. The van der Waals surface area contributed by atoms with E-state index in [0.29, 0.717) is 0 Å². The molecule has 1 rings (SSSR count). The van der Waals surface area contributed by atoms with Crippen LogP contribution < -0.4 is 0 Å². The molecular weight excluding hydrogens is 124 g/mol. The van der Waals surface area contributed by atoms with Crippen molar-refractivity contribution in [1.29, 1.82) is 0 Å². The molecule has 1 aliphatic heterocycles. The number of rotatable bonds is 1. The van der Waals surface area contributed by atoms with Crippen molar-refractivity contribution in [1.82, 2.24) is 0 Å². The van der Waals surface area contributed by atoms with Crippen LogP contribution in [0.3, 0.4) is 0 Å². The first-order valence-corrected chi connectivity index (χ1v) is 4.28. The Morgan fingerprint density at radius 3 is 2.60 bits per heavy atom. The number of hydrogen-bond acceptors (Lipinski definition) is 1. The molecule has 0 aliphatic carbocycles. The van der Waals surface area contributed by atoms with Gasteiger partial charge in [0, 0.05) is 6.61 Å². The maximum atomic E-state index is 5.60. The minimum atomic E-state index is 0.152. The maximum absolute atomic E-state index is 5.60. The summed E-state index contributed by atoms with van der Waals surface area (Å²) < 4.78 is 5.60. The zero-order valence-electron chi connectivity index (χ0n) is 7.31. The highest BCUT2D eigenvalue weighted by molar-refractivity contribution is 4.77. The van der Waals surface area contributed by atoms with Crippen molar-refractivity contribution >= 4 is 0 Å². The maximum Gasteiger partial charge on any atom is 0.0629 e. The monoisotopic (exact) mass is 142 g/mol. The van der Waals surface area contributed by atoms with Gasteiger partial charge in [0.05, 0.1) is 5.60 Å². The summed E-state index contributed by atoms with van der Waals surface area (Å²) in [6.07, 6.45) is 3.82. The lowest BCUT2D eigenvalue weighted by atomic mass is 9.87. The van der Waals surface area contributed by atoms with Crippen LogP contribution in [-0.4, -0.2) is 12.2 Å². The highest BCUT2D eigenvalue weighted by Crippen LogP contribution is 2.29. The predicted octanol–water partition coefficient (Wildman–Crippen LogP) is 2.60. The second-order valence-corrected chi connectivity index (χ2v) is 3.88. The molecule has 1 fully saturated rings. The van der Waals surface area contributed by atoms with Crippen molar-refractivity contribution in [2.24, 2.45) is 5.92 Å². The van der Waals surface area contributed by atoms with Gasteiger partial charge in [-0.3, -0.25) is 0 Å². The molecule has 1 aliphatic rings. The smallest absolute Gasteiger partial charge is 0.0629 e. The summed E-state index contributed by atoms with van der Waals surface area (Å²) in [5.41, 5.74) is 0.152. The van der Waals surface area contributed by atoms with Crippen LogP contribution in [0.25, 0.3) is 0 Å². The minimum Gasteiger partial charge on any atom is -0.376 e. The van der Waals surface area contributed by atoms with Gasteiger partial charge in [0.1, 0.15) is 0 Å². The van der Waals surface area contributed by atoms with E-state index in [1.165, 1.54) is 19.3 Å². The molecule has 0 saturated carbocycles. The third kappa shape index (κ3) is 1.98. The summed E-state index contributed by atoms with van der Waals surface area (Å²) in [6.45, 7) is 7.61. The lowest BCUT2D eigenvalue weighted by molar-refractivity contribution is -0.0727. The largest absolute Gasteiger partial charge is 0.376 e. The standard InChI is InChI=1S/C9H18O/c1-4-8-5-6-10-9(2,3)7-8/h8H,4-7H2,1-3H3. The molecular formula is C9H18O. The molecule has 0 amide bonds. The van der Waals surface area contributed by atoms with Crippen LogP contribution in [0.2, 0.25) is 0 Å². The third-order valence-electron chi connectivity index (χ3n) is 2.38. The Morgan fingerprint density at radius 1 is 1.50 bits per heavy atom. The van der Waals surface area contributed by atoms with E-state index in [0.717, 1.165) is 12.5 Å². The van der Waals surface area contributed by atoms with Gasteiger partial charge in [-0.05, 0) is 32.6 Å². The van der Waals surface area contributed by atoms with Gasteiger partial charge in [-0.2, -0.15) is 0 Å². The van der Waals surface area contributed by atoms with E-state index in [-0.39, 0.29) is 5.60 Å². The highest BCUT2D eigenvalue weighted by atomic mass is 16.5. The summed E-state index contributed by atoms with van der Waals surface area (Å²) in [7, 11) is 0. The fraction of sp³-hybridized carbons (Fsp3) is 1.00. The molecule has 1 saturated heterocycles. The fourth-order valence-electron chi connectivity index (χ4n) is 1.71. The molecule has 1 heteroatoms. The molecule has 1 atom stereocenters. The second kappa shape index (κ2) is 2.91. The third-order valence-corrected chi connectivity index (χ3v) is 2.38. The Labute approximate surface area is 63.8 Å². The Bertz CT molecular complexity index is 107. The van der Waals surface area contributed by atoms with Crippen molar-refractivity contribution in [3.63, 3.8) is 0 Å². The molecule has 1 heterocycles. The average molecular weight is 142 g/mol. The van der Waals surface area contributed by atoms with Crippen molar-refractivity contribution in [3.05, 3.63) is 0 Å². The van der Waals surface area contributed by atoms with Crippen LogP contribution in [0, 0.1) is 5.92 Å². The van der Waals surface area contributed by atoms with Crippen LogP contribution in [0.1, 0.15) is 40.0 Å². The van der Waals surface area contributed by atoms with E-state index in [2.05, 4.69) is 20.8 Å². The molecule has 0 aromatic rings. The van der Waals surface area contributed by atoms with Gasteiger partial charge in [-0.15, -0.1) is 0 Å². The molecule has 0 N–H and O–H groups in total. The van der Waals surface area contributed by atoms with Crippen LogP contribution in [0.15, 0.2) is 0 Å².